The van der Waals surface area contributed by atoms with Crippen LogP contribution in [0.3, 0.4) is 0 Å². The highest BCUT2D eigenvalue weighted by molar-refractivity contribution is 5.21. The van der Waals surface area contributed by atoms with Gasteiger partial charge in [-0.1, -0.05) is 18.2 Å². The Bertz CT molecular complexity index is 359. The molecular weight excluding hydrogens is 222 g/mol. The molecule has 0 spiro atoms. The van der Waals surface area contributed by atoms with Crippen molar-refractivity contribution in [2.45, 2.75) is 38.2 Å². The van der Waals surface area contributed by atoms with Crippen LogP contribution in [-0.2, 0) is 0 Å². The Morgan fingerprint density at radius 1 is 0.889 bits per heavy atom. The van der Waals surface area contributed by atoms with E-state index in [1.165, 1.54) is 45.2 Å². The molecule has 0 bridgehead atoms. The monoisotopic (exact) mass is 245 g/mol. The molecule has 1 heterocycles. The average Bonchev–Trinajstić information content (AvgIpc) is 2.89. The molecule has 1 aliphatic carbocycles. The SMILES string of the molecule is c1ccc(OC2CCC(C3CCNCC3)C2)cc1. The molecule has 2 fully saturated rings. The van der Waals surface area contributed by atoms with Crippen molar-refractivity contribution in [3.63, 3.8) is 0 Å². The second-order valence-corrected chi connectivity index (χ2v) is 5.71. The van der Waals surface area contributed by atoms with Crippen LogP contribution in [0, 0.1) is 11.8 Å². The van der Waals surface area contributed by atoms with Crippen LogP contribution in [0.25, 0.3) is 0 Å². The van der Waals surface area contributed by atoms with Gasteiger partial charge < -0.3 is 10.1 Å². The number of nitrogens with one attached hydrogen (secondary N) is 1. The highest BCUT2D eigenvalue weighted by Crippen LogP contribution is 2.37. The summed E-state index contributed by atoms with van der Waals surface area (Å²) >= 11 is 0. The Morgan fingerprint density at radius 3 is 2.44 bits per heavy atom. The van der Waals surface area contributed by atoms with Gasteiger partial charge in [0.2, 0.25) is 0 Å². The molecular formula is C16H23NO. The summed E-state index contributed by atoms with van der Waals surface area (Å²) in [5, 5.41) is 3.46. The topological polar surface area (TPSA) is 21.3 Å². The van der Waals surface area contributed by atoms with E-state index in [0.29, 0.717) is 6.10 Å². The molecule has 3 rings (SSSR count). The number of hydrogen-bond donors (Lipinski definition) is 1. The van der Waals surface area contributed by atoms with Gasteiger partial charge in [0.1, 0.15) is 5.75 Å². The van der Waals surface area contributed by atoms with Gasteiger partial charge in [-0.2, -0.15) is 0 Å². The first-order chi connectivity index (χ1) is 8.92. The van der Waals surface area contributed by atoms with E-state index >= 15 is 0 Å². The molecule has 1 saturated carbocycles. The van der Waals surface area contributed by atoms with Crippen molar-refractivity contribution < 1.29 is 4.74 Å². The number of para-hydroxylation sites is 1. The Kier molecular flexibility index (Phi) is 3.84. The summed E-state index contributed by atoms with van der Waals surface area (Å²) < 4.78 is 6.08. The molecule has 1 aliphatic heterocycles. The normalized spacial score (nSPS) is 29.3. The van der Waals surface area contributed by atoms with E-state index in [1.54, 1.807) is 0 Å². The summed E-state index contributed by atoms with van der Waals surface area (Å²) in [6, 6.07) is 10.3. The lowest BCUT2D eigenvalue weighted by atomic mass is 9.84. The Balaban J connectivity index is 1.52. The Labute approximate surface area is 110 Å². The summed E-state index contributed by atoms with van der Waals surface area (Å²) in [7, 11) is 0. The van der Waals surface area contributed by atoms with Gasteiger partial charge in [0, 0.05) is 0 Å². The van der Waals surface area contributed by atoms with E-state index in [1.807, 2.05) is 6.07 Å². The molecule has 2 nitrogen and oxygen atoms in total. The maximum Gasteiger partial charge on any atom is 0.119 e. The van der Waals surface area contributed by atoms with Crippen LogP contribution in [0.5, 0.6) is 5.75 Å². The molecule has 98 valence electrons. The zero-order valence-corrected chi connectivity index (χ0v) is 11.0. The molecule has 0 radical (unpaired) electrons. The largest absolute Gasteiger partial charge is 0.490 e. The lowest BCUT2D eigenvalue weighted by molar-refractivity contribution is 0.187. The quantitative estimate of drug-likeness (QED) is 0.882. The first-order valence-corrected chi connectivity index (χ1v) is 7.34. The molecule has 1 N–H and O–H groups in total. The van der Waals surface area contributed by atoms with Crippen molar-refractivity contribution in [3.8, 4) is 5.75 Å². The van der Waals surface area contributed by atoms with Gasteiger partial charge in [0.05, 0.1) is 6.10 Å². The Morgan fingerprint density at radius 2 is 1.67 bits per heavy atom. The minimum Gasteiger partial charge on any atom is -0.490 e. The standard InChI is InChI=1S/C16H23NO/c1-2-4-15(5-3-1)18-16-7-6-14(12-16)13-8-10-17-11-9-13/h1-5,13-14,16-17H,6-12H2. The van der Waals surface area contributed by atoms with E-state index in [-0.39, 0.29) is 0 Å². The average molecular weight is 245 g/mol. The highest BCUT2D eigenvalue weighted by atomic mass is 16.5. The summed E-state index contributed by atoms with van der Waals surface area (Å²) in [6.07, 6.45) is 7.05. The second kappa shape index (κ2) is 5.75. The van der Waals surface area contributed by atoms with Gasteiger partial charge in [-0.15, -0.1) is 0 Å². The van der Waals surface area contributed by atoms with E-state index in [9.17, 15) is 0 Å². The van der Waals surface area contributed by atoms with E-state index in [4.69, 9.17) is 4.74 Å². The molecule has 2 atom stereocenters. The van der Waals surface area contributed by atoms with Gasteiger partial charge in [-0.3, -0.25) is 0 Å². The van der Waals surface area contributed by atoms with Crippen molar-refractivity contribution >= 4 is 0 Å². The van der Waals surface area contributed by atoms with Gasteiger partial charge >= 0.3 is 0 Å². The first-order valence-electron chi connectivity index (χ1n) is 7.34. The zero-order valence-electron chi connectivity index (χ0n) is 11.0. The Hall–Kier alpha value is -1.02. The van der Waals surface area contributed by atoms with Crippen molar-refractivity contribution in [1.82, 2.24) is 5.32 Å². The van der Waals surface area contributed by atoms with Gasteiger partial charge in [-0.05, 0) is 69.2 Å². The summed E-state index contributed by atoms with van der Waals surface area (Å²) in [4.78, 5) is 0. The van der Waals surface area contributed by atoms with Crippen molar-refractivity contribution in [1.29, 1.82) is 0 Å². The fourth-order valence-corrected chi connectivity index (χ4v) is 3.52. The molecule has 0 aromatic heterocycles. The highest BCUT2D eigenvalue weighted by Gasteiger charge is 2.32. The number of benzene rings is 1. The number of piperidine rings is 1. The van der Waals surface area contributed by atoms with E-state index < -0.39 is 0 Å². The molecule has 2 heteroatoms. The van der Waals surface area contributed by atoms with E-state index in [2.05, 4.69) is 29.6 Å². The van der Waals surface area contributed by atoms with Crippen molar-refractivity contribution in [3.05, 3.63) is 30.3 Å². The molecule has 2 aliphatic rings. The number of hydrogen-bond acceptors (Lipinski definition) is 2. The van der Waals surface area contributed by atoms with Crippen LogP contribution in [0.1, 0.15) is 32.1 Å². The minimum absolute atomic E-state index is 0.451. The fraction of sp³-hybridized carbons (Fsp3) is 0.625. The van der Waals surface area contributed by atoms with Gasteiger partial charge in [0.25, 0.3) is 0 Å². The zero-order chi connectivity index (χ0) is 12.2. The summed E-state index contributed by atoms with van der Waals surface area (Å²) in [6.45, 7) is 2.43. The van der Waals surface area contributed by atoms with Gasteiger partial charge in [-0.25, -0.2) is 0 Å². The smallest absolute Gasteiger partial charge is 0.119 e. The lowest BCUT2D eigenvalue weighted by Crippen LogP contribution is -2.31. The molecule has 0 amide bonds. The maximum absolute atomic E-state index is 6.08. The predicted octanol–water partition coefficient (Wildman–Crippen LogP) is 3.23. The van der Waals surface area contributed by atoms with Crippen molar-refractivity contribution in [2.75, 3.05) is 13.1 Å². The van der Waals surface area contributed by atoms with Crippen LogP contribution in [0.2, 0.25) is 0 Å². The molecule has 1 aromatic carbocycles. The summed E-state index contributed by atoms with van der Waals surface area (Å²) in [5.74, 6) is 2.88. The van der Waals surface area contributed by atoms with Crippen LogP contribution in [0.15, 0.2) is 30.3 Å². The van der Waals surface area contributed by atoms with Crippen LogP contribution in [-0.4, -0.2) is 19.2 Å². The maximum atomic E-state index is 6.08. The summed E-state index contributed by atoms with van der Waals surface area (Å²) in [5.41, 5.74) is 0. The van der Waals surface area contributed by atoms with Gasteiger partial charge in [0.15, 0.2) is 0 Å². The third-order valence-electron chi connectivity index (χ3n) is 4.52. The minimum atomic E-state index is 0.451. The van der Waals surface area contributed by atoms with Crippen molar-refractivity contribution in [2.24, 2.45) is 11.8 Å². The third kappa shape index (κ3) is 2.86. The van der Waals surface area contributed by atoms with Crippen LogP contribution < -0.4 is 10.1 Å². The fourth-order valence-electron chi connectivity index (χ4n) is 3.52. The first kappa shape index (κ1) is 12.0. The molecule has 1 aromatic rings. The number of ether oxygens (including phenoxy) is 1. The third-order valence-corrected chi connectivity index (χ3v) is 4.52. The lowest BCUT2D eigenvalue weighted by Gasteiger charge is -2.28. The van der Waals surface area contributed by atoms with Crippen LogP contribution in [0.4, 0.5) is 0 Å². The second-order valence-electron chi connectivity index (χ2n) is 5.71. The molecule has 1 saturated heterocycles. The predicted molar refractivity (Wildman–Crippen MR) is 73.8 cm³/mol. The van der Waals surface area contributed by atoms with E-state index in [0.717, 1.165) is 17.6 Å². The molecule has 18 heavy (non-hydrogen) atoms. The number of rotatable bonds is 3. The van der Waals surface area contributed by atoms with Crippen LogP contribution >= 0.6 is 0 Å². The molecule has 2 unspecified atom stereocenters.